The lowest BCUT2D eigenvalue weighted by Crippen LogP contribution is -2.46. The number of hydrogen-bond donors (Lipinski definition) is 2. The standard InChI is InChI=1S/C16H21BrN4O.ClH/c1-2-9-21(12-5-7-18-8-6-12)16(22)15-13-10-11(17)3-4-14(13)19-20-15;/h3-4,10,12,18H,2,5-9H2,1H3,(H,19,20);1H. The van der Waals surface area contributed by atoms with E-state index in [0.717, 1.165) is 54.3 Å². The summed E-state index contributed by atoms with van der Waals surface area (Å²) in [6.45, 7) is 4.85. The summed E-state index contributed by atoms with van der Waals surface area (Å²) in [4.78, 5) is 15.0. The number of carbonyl (C=O) groups is 1. The van der Waals surface area contributed by atoms with Crippen LogP contribution in [0.5, 0.6) is 0 Å². The van der Waals surface area contributed by atoms with Crippen molar-refractivity contribution in [3.05, 3.63) is 28.4 Å². The number of aromatic amines is 1. The van der Waals surface area contributed by atoms with E-state index in [0.29, 0.717) is 11.7 Å². The molecule has 2 heterocycles. The molecule has 0 saturated carbocycles. The number of benzene rings is 1. The van der Waals surface area contributed by atoms with Gasteiger partial charge in [-0.3, -0.25) is 9.89 Å². The maximum Gasteiger partial charge on any atom is 0.275 e. The van der Waals surface area contributed by atoms with E-state index in [1.54, 1.807) is 0 Å². The molecule has 23 heavy (non-hydrogen) atoms. The van der Waals surface area contributed by atoms with Gasteiger partial charge in [-0.2, -0.15) is 5.10 Å². The number of amides is 1. The van der Waals surface area contributed by atoms with Crippen LogP contribution >= 0.6 is 28.3 Å². The molecule has 7 heteroatoms. The summed E-state index contributed by atoms with van der Waals surface area (Å²) in [6, 6.07) is 6.16. The molecule has 2 N–H and O–H groups in total. The number of nitrogens with one attached hydrogen (secondary N) is 2. The van der Waals surface area contributed by atoms with Crippen molar-refractivity contribution < 1.29 is 4.79 Å². The Kier molecular flexibility index (Phi) is 6.44. The van der Waals surface area contributed by atoms with Crippen molar-refractivity contribution in [2.45, 2.75) is 32.2 Å². The number of carbonyl (C=O) groups excluding carboxylic acids is 1. The monoisotopic (exact) mass is 400 g/mol. The molecular formula is C16H22BrClN4O. The lowest BCUT2D eigenvalue weighted by molar-refractivity contribution is 0.0638. The smallest absolute Gasteiger partial charge is 0.275 e. The number of H-pyrrole nitrogens is 1. The molecule has 0 bridgehead atoms. The number of aromatic nitrogens is 2. The van der Waals surface area contributed by atoms with Crippen LogP contribution in [0.1, 0.15) is 36.7 Å². The molecule has 5 nitrogen and oxygen atoms in total. The van der Waals surface area contributed by atoms with Gasteiger partial charge in [-0.25, -0.2) is 0 Å². The fourth-order valence-electron chi connectivity index (χ4n) is 3.09. The molecule has 1 fully saturated rings. The van der Waals surface area contributed by atoms with Crippen LogP contribution in [0.25, 0.3) is 10.9 Å². The van der Waals surface area contributed by atoms with Gasteiger partial charge in [0.15, 0.2) is 5.69 Å². The van der Waals surface area contributed by atoms with Crippen LogP contribution in [0.3, 0.4) is 0 Å². The first-order chi connectivity index (χ1) is 10.7. The van der Waals surface area contributed by atoms with E-state index in [2.05, 4.69) is 38.4 Å². The zero-order valence-corrected chi connectivity index (χ0v) is 15.5. The maximum atomic E-state index is 13.0. The zero-order valence-electron chi connectivity index (χ0n) is 13.1. The number of fused-ring (bicyclic) bond motifs is 1. The molecule has 1 aliphatic heterocycles. The Labute approximate surface area is 150 Å². The second-order valence-electron chi connectivity index (χ2n) is 5.74. The highest BCUT2D eigenvalue weighted by atomic mass is 79.9. The molecular weight excluding hydrogens is 380 g/mol. The summed E-state index contributed by atoms with van der Waals surface area (Å²) in [7, 11) is 0. The molecule has 1 aromatic heterocycles. The van der Waals surface area contributed by atoms with Gasteiger partial charge in [-0.15, -0.1) is 12.4 Å². The molecule has 0 atom stereocenters. The maximum absolute atomic E-state index is 13.0. The Morgan fingerprint density at radius 2 is 2.13 bits per heavy atom. The largest absolute Gasteiger partial charge is 0.334 e. The van der Waals surface area contributed by atoms with Crippen molar-refractivity contribution in [3.8, 4) is 0 Å². The lowest BCUT2D eigenvalue weighted by Gasteiger charge is -2.34. The number of nitrogens with zero attached hydrogens (tertiary/aromatic N) is 2. The molecule has 0 radical (unpaired) electrons. The Balaban J connectivity index is 0.00000192. The van der Waals surface area contributed by atoms with Crippen LogP contribution in [-0.2, 0) is 0 Å². The Morgan fingerprint density at radius 3 is 2.83 bits per heavy atom. The minimum absolute atomic E-state index is 0. The first kappa shape index (κ1) is 18.2. The predicted octanol–water partition coefficient (Wildman–Crippen LogP) is 3.35. The minimum atomic E-state index is 0. The van der Waals surface area contributed by atoms with Crippen LogP contribution < -0.4 is 5.32 Å². The summed E-state index contributed by atoms with van der Waals surface area (Å²) in [5, 5.41) is 11.5. The highest BCUT2D eigenvalue weighted by Gasteiger charge is 2.28. The van der Waals surface area contributed by atoms with Gasteiger partial charge >= 0.3 is 0 Å². The Morgan fingerprint density at radius 1 is 1.39 bits per heavy atom. The van der Waals surface area contributed by atoms with Crippen LogP contribution in [0.15, 0.2) is 22.7 Å². The second-order valence-corrected chi connectivity index (χ2v) is 6.66. The summed E-state index contributed by atoms with van der Waals surface area (Å²) in [5.74, 6) is 0.0399. The van der Waals surface area contributed by atoms with E-state index in [1.165, 1.54) is 0 Å². The number of rotatable bonds is 4. The fraction of sp³-hybridized carbons (Fsp3) is 0.500. The SMILES string of the molecule is CCCN(C(=O)c1n[nH]c2ccc(Br)cc12)C1CCNCC1.Cl. The average molecular weight is 402 g/mol. The number of hydrogen-bond acceptors (Lipinski definition) is 3. The molecule has 0 unspecified atom stereocenters. The van der Waals surface area contributed by atoms with Crippen molar-refractivity contribution in [3.63, 3.8) is 0 Å². The minimum Gasteiger partial charge on any atom is -0.334 e. The molecule has 126 valence electrons. The van der Waals surface area contributed by atoms with Gasteiger partial charge in [-0.1, -0.05) is 22.9 Å². The topological polar surface area (TPSA) is 61.0 Å². The van der Waals surface area contributed by atoms with Crippen LogP contribution in [0.2, 0.25) is 0 Å². The van der Waals surface area contributed by atoms with Gasteiger partial charge < -0.3 is 10.2 Å². The van der Waals surface area contributed by atoms with Gasteiger partial charge in [0.25, 0.3) is 5.91 Å². The van der Waals surface area contributed by atoms with E-state index < -0.39 is 0 Å². The Bertz CT molecular complexity index is 669. The molecule has 0 aliphatic carbocycles. The van der Waals surface area contributed by atoms with E-state index in [-0.39, 0.29) is 18.3 Å². The van der Waals surface area contributed by atoms with Gasteiger partial charge in [0.05, 0.1) is 5.52 Å². The second kappa shape index (κ2) is 8.13. The molecule has 1 aliphatic rings. The third-order valence-corrected chi connectivity index (χ3v) is 4.70. The molecule has 1 amide bonds. The van der Waals surface area contributed by atoms with Gasteiger partial charge in [-0.05, 0) is 50.6 Å². The van der Waals surface area contributed by atoms with Gasteiger partial charge in [0.2, 0.25) is 0 Å². The van der Waals surface area contributed by atoms with Crippen molar-refractivity contribution in [2.24, 2.45) is 0 Å². The quantitative estimate of drug-likeness (QED) is 0.826. The highest BCUT2D eigenvalue weighted by molar-refractivity contribution is 9.10. The average Bonchev–Trinajstić information content (AvgIpc) is 2.96. The first-order valence-corrected chi connectivity index (χ1v) is 8.65. The summed E-state index contributed by atoms with van der Waals surface area (Å²) in [5.41, 5.74) is 1.43. The molecule has 2 aromatic rings. The molecule has 1 aromatic carbocycles. The van der Waals surface area contributed by atoms with E-state index in [4.69, 9.17) is 0 Å². The van der Waals surface area contributed by atoms with E-state index >= 15 is 0 Å². The molecule has 3 rings (SSSR count). The van der Waals surface area contributed by atoms with Crippen LogP contribution in [0, 0.1) is 0 Å². The normalized spacial score (nSPS) is 15.4. The fourth-order valence-corrected chi connectivity index (χ4v) is 3.46. The van der Waals surface area contributed by atoms with Crippen molar-refractivity contribution in [1.29, 1.82) is 0 Å². The van der Waals surface area contributed by atoms with Crippen molar-refractivity contribution in [2.75, 3.05) is 19.6 Å². The van der Waals surface area contributed by atoms with Crippen LogP contribution in [0.4, 0.5) is 0 Å². The van der Waals surface area contributed by atoms with Crippen molar-refractivity contribution in [1.82, 2.24) is 20.4 Å². The summed E-state index contributed by atoms with van der Waals surface area (Å²) in [6.07, 6.45) is 2.98. The number of halogens is 2. The zero-order chi connectivity index (χ0) is 15.5. The Hall–Kier alpha value is -1.11. The summed E-state index contributed by atoms with van der Waals surface area (Å²) >= 11 is 3.47. The van der Waals surface area contributed by atoms with Gasteiger partial charge in [0.1, 0.15) is 0 Å². The third kappa shape index (κ3) is 3.87. The van der Waals surface area contributed by atoms with Crippen molar-refractivity contribution >= 4 is 45.1 Å². The van der Waals surface area contributed by atoms with Crippen LogP contribution in [-0.4, -0.2) is 46.7 Å². The summed E-state index contributed by atoms with van der Waals surface area (Å²) < 4.78 is 0.958. The molecule has 0 spiro atoms. The van der Waals surface area contributed by atoms with E-state index in [1.807, 2.05) is 23.1 Å². The number of piperidine rings is 1. The predicted molar refractivity (Wildman–Crippen MR) is 98.3 cm³/mol. The van der Waals surface area contributed by atoms with Gasteiger partial charge in [0, 0.05) is 22.4 Å². The lowest BCUT2D eigenvalue weighted by atomic mass is 10.0. The highest BCUT2D eigenvalue weighted by Crippen LogP contribution is 2.24. The first-order valence-electron chi connectivity index (χ1n) is 7.86. The third-order valence-electron chi connectivity index (χ3n) is 4.20. The van der Waals surface area contributed by atoms with E-state index in [9.17, 15) is 4.79 Å². The molecule has 1 saturated heterocycles.